The van der Waals surface area contributed by atoms with Crippen molar-refractivity contribution in [2.24, 2.45) is 0 Å². The van der Waals surface area contributed by atoms with Crippen molar-refractivity contribution in [3.05, 3.63) is 85.1 Å². The Labute approximate surface area is 445 Å². The number of esters is 1. The third-order valence-electron chi connectivity index (χ3n) is 12.7. The summed E-state index contributed by atoms with van der Waals surface area (Å²) >= 11 is 0. The average molecular weight is 1030 g/mol. The van der Waals surface area contributed by atoms with Crippen LogP contribution in [0.2, 0.25) is 0 Å². The van der Waals surface area contributed by atoms with E-state index in [-0.39, 0.29) is 32.2 Å². The van der Waals surface area contributed by atoms with Gasteiger partial charge in [0.2, 0.25) is 0 Å². The van der Waals surface area contributed by atoms with Crippen molar-refractivity contribution in [3.63, 3.8) is 0 Å². The molecule has 0 N–H and O–H groups in total. The molecule has 2 atom stereocenters. The van der Waals surface area contributed by atoms with Gasteiger partial charge in [0.1, 0.15) is 19.3 Å². The van der Waals surface area contributed by atoms with Crippen LogP contribution in [0.3, 0.4) is 0 Å². The maximum atomic E-state index is 12.8. The number of likely N-dealkylation sites (N-methyl/N-ethyl adjacent to an activating group) is 1. The van der Waals surface area contributed by atoms with Crippen LogP contribution in [-0.4, -0.2) is 70.7 Å². The van der Waals surface area contributed by atoms with Gasteiger partial charge in [-0.15, -0.1) is 0 Å². The van der Waals surface area contributed by atoms with Crippen molar-refractivity contribution in [1.29, 1.82) is 0 Å². The second-order valence-electron chi connectivity index (χ2n) is 21.0. The lowest BCUT2D eigenvalue weighted by molar-refractivity contribution is -0.870. The summed E-state index contributed by atoms with van der Waals surface area (Å²) in [6, 6.07) is 0. The van der Waals surface area contributed by atoms with Crippen molar-refractivity contribution in [2.45, 2.75) is 258 Å². The minimum Gasteiger partial charge on any atom is -0.756 e. The highest BCUT2D eigenvalue weighted by atomic mass is 31.2. The van der Waals surface area contributed by atoms with E-state index in [4.69, 9.17) is 18.5 Å². The predicted octanol–water partition coefficient (Wildman–Crippen LogP) is 18.5. The van der Waals surface area contributed by atoms with E-state index in [1.807, 2.05) is 21.1 Å². The van der Waals surface area contributed by atoms with Crippen LogP contribution in [0.15, 0.2) is 85.1 Å². The number of phosphoric ester groups is 1. The summed E-state index contributed by atoms with van der Waals surface area (Å²) in [7, 11) is 1.33. The molecule has 0 aliphatic heterocycles. The molecule has 0 rings (SSSR count). The van der Waals surface area contributed by atoms with Crippen molar-refractivity contribution in [2.75, 3.05) is 54.1 Å². The molecule has 418 valence electrons. The largest absolute Gasteiger partial charge is 0.756 e. The molecule has 0 aromatic carbocycles. The van der Waals surface area contributed by atoms with Crippen LogP contribution in [0.5, 0.6) is 0 Å². The highest BCUT2D eigenvalue weighted by molar-refractivity contribution is 7.45. The minimum atomic E-state index is -4.55. The lowest BCUT2D eigenvalue weighted by Crippen LogP contribution is -2.37. The zero-order chi connectivity index (χ0) is 52.6. The Bertz CT molecular complexity index is 1430. The lowest BCUT2D eigenvalue weighted by atomic mass is 10.0. The van der Waals surface area contributed by atoms with Crippen molar-refractivity contribution >= 4 is 13.8 Å². The molecule has 9 heteroatoms. The summed E-state index contributed by atoms with van der Waals surface area (Å²) in [4.78, 5) is 25.3. The number of quaternary nitrogens is 1. The van der Waals surface area contributed by atoms with E-state index in [1.165, 1.54) is 148 Å². The van der Waals surface area contributed by atoms with Gasteiger partial charge in [0.15, 0.2) is 0 Å². The van der Waals surface area contributed by atoms with E-state index in [0.29, 0.717) is 24.1 Å². The van der Waals surface area contributed by atoms with E-state index < -0.39 is 13.9 Å². The molecule has 2 unspecified atom stereocenters. The van der Waals surface area contributed by atoms with Gasteiger partial charge >= 0.3 is 5.97 Å². The summed E-state index contributed by atoms with van der Waals surface area (Å²) in [6.45, 7) is 5.28. The second kappa shape index (κ2) is 54.9. The molecule has 0 spiro atoms. The quantitative estimate of drug-likeness (QED) is 0.0197. The zero-order valence-corrected chi connectivity index (χ0v) is 48.5. The van der Waals surface area contributed by atoms with Crippen LogP contribution in [0, 0.1) is 0 Å². The monoisotopic (exact) mass is 1030 g/mol. The van der Waals surface area contributed by atoms with E-state index in [1.54, 1.807) is 0 Å². The Hall–Kier alpha value is -2.32. The van der Waals surface area contributed by atoms with Gasteiger partial charge in [0, 0.05) is 13.0 Å². The molecule has 0 aliphatic rings. The zero-order valence-electron chi connectivity index (χ0n) is 47.6. The number of carbonyl (C=O) groups is 1. The topological polar surface area (TPSA) is 94.1 Å². The normalized spacial score (nSPS) is 14.0. The Morgan fingerprint density at radius 1 is 0.444 bits per heavy atom. The van der Waals surface area contributed by atoms with Gasteiger partial charge < -0.3 is 27.9 Å². The number of rotatable bonds is 55. The van der Waals surface area contributed by atoms with Gasteiger partial charge in [-0.05, 0) is 70.6 Å². The third kappa shape index (κ3) is 58.6. The number of hydrogen-bond acceptors (Lipinski definition) is 7. The number of carbonyl (C=O) groups excluding carboxylic acids is 1. The van der Waals surface area contributed by atoms with Crippen molar-refractivity contribution < 1.29 is 37.3 Å². The van der Waals surface area contributed by atoms with Crippen molar-refractivity contribution in [1.82, 2.24) is 0 Å². The fourth-order valence-corrected chi connectivity index (χ4v) is 8.90. The van der Waals surface area contributed by atoms with Gasteiger partial charge in [-0.3, -0.25) is 9.36 Å². The molecule has 0 aromatic heterocycles. The van der Waals surface area contributed by atoms with Crippen LogP contribution >= 0.6 is 7.82 Å². The summed E-state index contributed by atoms with van der Waals surface area (Å²) in [6.07, 6.45) is 74.9. The molecule has 0 radical (unpaired) electrons. The third-order valence-corrected chi connectivity index (χ3v) is 13.7. The summed E-state index contributed by atoms with van der Waals surface area (Å²) in [5.41, 5.74) is 0. The first-order valence-electron chi connectivity index (χ1n) is 29.8. The van der Waals surface area contributed by atoms with Gasteiger partial charge in [-0.2, -0.15) is 0 Å². The smallest absolute Gasteiger partial charge is 0.306 e. The number of nitrogens with zero attached hydrogens (tertiary/aromatic N) is 1. The van der Waals surface area contributed by atoms with Gasteiger partial charge in [0.25, 0.3) is 7.82 Å². The van der Waals surface area contributed by atoms with Gasteiger partial charge in [0.05, 0.1) is 34.4 Å². The summed E-state index contributed by atoms with van der Waals surface area (Å²) in [5.74, 6) is -0.364. The Kier molecular flexibility index (Phi) is 53.2. The highest BCUT2D eigenvalue weighted by Crippen LogP contribution is 2.38. The Morgan fingerprint density at radius 2 is 0.806 bits per heavy atom. The fourth-order valence-electron chi connectivity index (χ4n) is 8.18. The molecule has 0 saturated heterocycles. The Morgan fingerprint density at radius 3 is 1.19 bits per heavy atom. The Balaban J connectivity index is 4.13. The molecule has 0 amide bonds. The predicted molar refractivity (Wildman–Crippen MR) is 309 cm³/mol. The van der Waals surface area contributed by atoms with Crippen LogP contribution in [0.4, 0.5) is 0 Å². The maximum Gasteiger partial charge on any atom is 0.306 e. The number of phosphoric acid groups is 1. The molecule has 0 saturated carbocycles. The molecule has 0 fully saturated rings. The first-order chi connectivity index (χ1) is 35.1. The average Bonchev–Trinajstić information content (AvgIpc) is 3.34. The molecular formula is C63H114NO7P. The molecule has 0 aliphatic carbocycles. The van der Waals surface area contributed by atoms with Gasteiger partial charge in [-0.1, -0.05) is 259 Å². The summed E-state index contributed by atoms with van der Waals surface area (Å²) in [5, 5.41) is 0. The first kappa shape index (κ1) is 69.7. The highest BCUT2D eigenvalue weighted by Gasteiger charge is 2.20. The minimum absolute atomic E-state index is 0.0164. The number of hydrogen-bond donors (Lipinski definition) is 0. The van der Waals surface area contributed by atoms with Gasteiger partial charge in [-0.25, -0.2) is 0 Å². The molecule has 72 heavy (non-hydrogen) atoms. The SMILES string of the molecule is CC/C=C\C/C=C\C/C=C\C/C=C\C/C=C\C/C=C\C/C=C\CCCCCC(=O)OC(COCCCCCCCCCCCCCCCCCCCCCCCCCCC)COP(=O)([O-])OCC[N+](C)(C)C. The van der Waals surface area contributed by atoms with E-state index >= 15 is 0 Å². The van der Waals surface area contributed by atoms with E-state index in [0.717, 1.165) is 77.0 Å². The molecular weight excluding hydrogens is 914 g/mol. The number of allylic oxidation sites excluding steroid dienone is 14. The number of ether oxygens (including phenoxy) is 2. The lowest BCUT2D eigenvalue weighted by Gasteiger charge is -2.28. The first-order valence-corrected chi connectivity index (χ1v) is 31.3. The second-order valence-corrected chi connectivity index (χ2v) is 22.4. The molecule has 0 heterocycles. The van der Waals surface area contributed by atoms with Crippen molar-refractivity contribution in [3.8, 4) is 0 Å². The summed E-state index contributed by atoms with van der Waals surface area (Å²) < 4.78 is 34.8. The fraction of sp³-hybridized carbons (Fsp3) is 0.762. The molecule has 0 bridgehead atoms. The van der Waals surface area contributed by atoms with Crippen LogP contribution < -0.4 is 4.89 Å². The molecule has 0 aromatic rings. The van der Waals surface area contributed by atoms with Crippen LogP contribution in [-0.2, 0) is 27.9 Å². The number of unbranched alkanes of at least 4 members (excludes halogenated alkanes) is 27. The molecule has 8 nitrogen and oxygen atoms in total. The maximum absolute atomic E-state index is 12.8. The standard InChI is InChI=1S/C63H114NO7P/c1-6-8-10-12-14-16-18-20-22-24-26-28-30-32-34-36-38-40-42-44-46-48-50-52-54-56-63(65)71-62(61-70-72(66,67)69-59-57-64(3,4)5)60-68-58-55-53-51-49-47-45-43-41-39-37-35-33-31-29-27-25-23-21-19-17-15-13-11-9-7-2/h8,10,14,16,20,22,26,28,32,34,38,40,44,46,62H,6-7,9,11-13,15,17-19,21,23-25,27,29-31,33,35-37,39,41-43,45,47-61H2,1-5H3/b10-8-,16-14-,22-20-,28-26-,34-32-,40-38-,46-44-. The van der Waals surface area contributed by atoms with Crippen LogP contribution in [0.25, 0.3) is 0 Å². The van der Waals surface area contributed by atoms with E-state index in [9.17, 15) is 14.3 Å². The van der Waals surface area contributed by atoms with Crippen LogP contribution in [0.1, 0.15) is 251 Å². The van der Waals surface area contributed by atoms with E-state index in [2.05, 4.69) is 98.9 Å².